The fourth-order valence-corrected chi connectivity index (χ4v) is 1.67. The largest absolute Gasteiger partial charge is 0.472 e. The molecule has 0 aliphatic rings. The molecule has 1 aromatic carbocycles. The lowest BCUT2D eigenvalue weighted by atomic mass is 10.0. The summed E-state index contributed by atoms with van der Waals surface area (Å²) < 4.78 is 4.86. The number of rotatable bonds is 2. The Bertz CT molecular complexity index is 486. The van der Waals surface area contributed by atoms with E-state index in [0.717, 1.165) is 5.56 Å². The van der Waals surface area contributed by atoms with Crippen LogP contribution < -0.4 is 0 Å². The Kier molecular flexibility index (Phi) is 2.60. The van der Waals surface area contributed by atoms with Crippen LogP contribution in [0.4, 0.5) is 0 Å². The number of hydrogen-bond acceptors (Lipinski definition) is 2. The molecule has 0 atom stereocenters. The van der Waals surface area contributed by atoms with Gasteiger partial charge in [-0.3, -0.25) is 4.79 Å². The molecular weight excluding hydrogens is 212 g/mol. The van der Waals surface area contributed by atoms with Crippen molar-refractivity contribution < 1.29 is 9.21 Å². The predicted molar refractivity (Wildman–Crippen MR) is 58.3 cm³/mol. The monoisotopic (exact) mass is 220 g/mol. The van der Waals surface area contributed by atoms with Crippen molar-refractivity contribution >= 4 is 17.4 Å². The molecule has 0 radical (unpaired) electrons. The third-order valence-electron chi connectivity index (χ3n) is 2.15. The van der Waals surface area contributed by atoms with Crippen molar-refractivity contribution in [3.63, 3.8) is 0 Å². The van der Waals surface area contributed by atoms with Crippen LogP contribution >= 0.6 is 11.6 Å². The normalized spacial score (nSPS) is 10.3. The van der Waals surface area contributed by atoms with Gasteiger partial charge in [-0.25, -0.2) is 0 Å². The molecule has 0 saturated heterocycles. The van der Waals surface area contributed by atoms with Gasteiger partial charge >= 0.3 is 0 Å². The van der Waals surface area contributed by atoms with E-state index in [2.05, 4.69) is 0 Å². The Hall–Kier alpha value is -1.54. The zero-order valence-electron chi connectivity index (χ0n) is 8.16. The Balaban J connectivity index is 2.42. The average Bonchev–Trinajstić information content (AvgIpc) is 2.69. The summed E-state index contributed by atoms with van der Waals surface area (Å²) in [6.45, 7) is 1.93. The Labute approximate surface area is 92.5 Å². The summed E-state index contributed by atoms with van der Waals surface area (Å²) >= 11 is 5.99. The van der Waals surface area contributed by atoms with Gasteiger partial charge in [0, 0.05) is 5.56 Å². The van der Waals surface area contributed by atoms with Crippen molar-refractivity contribution in [3.8, 4) is 0 Å². The van der Waals surface area contributed by atoms with E-state index in [9.17, 15) is 4.79 Å². The fraction of sp³-hybridized carbons (Fsp3) is 0.0833. The molecule has 2 rings (SSSR count). The molecule has 3 heteroatoms. The van der Waals surface area contributed by atoms with Gasteiger partial charge < -0.3 is 4.42 Å². The van der Waals surface area contributed by atoms with Crippen LogP contribution in [-0.2, 0) is 0 Å². The smallest absolute Gasteiger partial charge is 0.197 e. The van der Waals surface area contributed by atoms with E-state index >= 15 is 0 Å². The molecule has 1 heterocycles. The molecule has 2 aromatic rings. The van der Waals surface area contributed by atoms with Crippen molar-refractivity contribution in [2.75, 3.05) is 0 Å². The number of carbonyl (C=O) groups is 1. The standard InChI is InChI=1S/C12H9ClO2/c1-8-2-3-10(11(13)6-8)12(14)9-4-5-15-7-9/h2-7H,1H3. The molecule has 0 aliphatic carbocycles. The Morgan fingerprint density at radius 2 is 2.13 bits per heavy atom. The van der Waals surface area contributed by atoms with Crippen LogP contribution in [-0.4, -0.2) is 5.78 Å². The minimum Gasteiger partial charge on any atom is -0.472 e. The maximum absolute atomic E-state index is 11.9. The number of hydrogen-bond donors (Lipinski definition) is 0. The van der Waals surface area contributed by atoms with E-state index in [1.54, 1.807) is 18.2 Å². The second kappa shape index (κ2) is 3.91. The highest BCUT2D eigenvalue weighted by molar-refractivity contribution is 6.35. The molecule has 0 amide bonds. The minimum absolute atomic E-state index is 0.117. The molecule has 0 saturated carbocycles. The van der Waals surface area contributed by atoms with Crippen LogP contribution in [0.2, 0.25) is 5.02 Å². The molecule has 0 N–H and O–H groups in total. The SMILES string of the molecule is Cc1ccc(C(=O)c2ccoc2)c(Cl)c1. The number of carbonyl (C=O) groups excluding carboxylic acids is 1. The maximum Gasteiger partial charge on any atom is 0.197 e. The zero-order valence-corrected chi connectivity index (χ0v) is 8.91. The predicted octanol–water partition coefficient (Wildman–Crippen LogP) is 3.47. The summed E-state index contributed by atoms with van der Waals surface area (Å²) in [6, 6.07) is 6.99. The van der Waals surface area contributed by atoms with Gasteiger partial charge in [0.2, 0.25) is 0 Å². The van der Waals surface area contributed by atoms with Gasteiger partial charge in [0.25, 0.3) is 0 Å². The lowest BCUT2D eigenvalue weighted by Crippen LogP contribution is -2.00. The van der Waals surface area contributed by atoms with Crippen molar-refractivity contribution in [2.45, 2.75) is 6.92 Å². The topological polar surface area (TPSA) is 30.2 Å². The van der Waals surface area contributed by atoms with Crippen molar-refractivity contribution in [3.05, 3.63) is 58.5 Å². The van der Waals surface area contributed by atoms with E-state index in [0.29, 0.717) is 16.1 Å². The molecule has 0 fully saturated rings. The molecule has 2 nitrogen and oxygen atoms in total. The summed E-state index contributed by atoms with van der Waals surface area (Å²) in [5.74, 6) is -0.117. The lowest BCUT2D eigenvalue weighted by molar-refractivity contribution is 0.103. The maximum atomic E-state index is 11.9. The van der Waals surface area contributed by atoms with Gasteiger partial charge in [-0.15, -0.1) is 0 Å². The number of benzene rings is 1. The van der Waals surface area contributed by atoms with Crippen LogP contribution in [0.5, 0.6) is 0 Å². The third kappa shape index (κ3) is 1.95. The van der Waals surface area contributed by atoms with Gasteiger partial charge in [0.05, 0.1) is 16.8 Å². The molecule has 76 valence electrons. The van der Waals surface area contributed by atoms with E-state index in [4.69, 9.17) is 16.0 Å². The van der Waals surface area contributed by atoms with Gasteiger partial charge in [0.15, 0.2) is 5.78 Å². The zero-order chi connectivity index (χ0) is 10.8. The van der Waals surface area contributed by atoms with Crippen LogP contribution in [0.1, 0.15) is 21.5 Å². The molecular formula is C12H9ClO2. The van der Waals surface area contributed by atoms with Gasteiger partial charge in [-0.1, -0.05) is 17.7 Å². The highest BCUT2D eigenvalue weighted by atomic mass is 35.5. The molecule has 0 aliphatic heterocycles. The fourth-order valence-electron chi connectivity index (χ4n) is 1.35. The lowest BCUT2D eigenvalue weighted by Gasteiger charge is -2.02. The highest BCUT2D eigenvalue weighted by Gasteiger charge is 2.13. The first kappa shape index (κ1) is 9.99. The summed E-state index contributed by atoms with van der Waals surface area (Å²) in [4.78, 5) is 11.9. The molecule has 1 aromatic heterocycles. The van der Waals surface area contributed by atoms with Crippen LogP contribution in [0, 0.1) is 6.92 Å². The van der Waals surface area contributed by atoms with Crippen molar-refractivity contribution in [1.82, 2.24) is 0 Å². The van der Waals surface area contributed by atoms with Crippen LogP contribution in [0.3, 0.4) is 0 Å². The van der Waals surface area contributed by atoms with E-state index in [-0.39, 0.29) is 5.78 Å². The average molecular weight is 221 g/mol. The minimum atomic E-state index is -0.117. The quantitative estimate of drug-likeness (QED) is 0.726. The molecule has 0 unspecified atom stereocenters. The Morgan fingerprint density at radius 3 is 2.73 bits per heavy atom. The van der Waals surface area contributed by atoms with Crippen LogP contribution in [0.25, 0.3) is 0 Å². The van der Waals surface area contributed by atoms with Gasteiger partial charge in [-0.05, 0) is 30.7 Å². The number of furan rings is 1. The van der Waals surface area contributed by atoms with Crippen molar-refractivity contribution in [1.29, 1.82) is 0 Å². The molecule has 15 heavy (non-hydrogen) atoms. The number of aryl methyl sites for hydroxylation is 1. The first-order valence-electron chi connectivity index (χ1n) is 4.51. The van der Waals surface area contributed by atoms with Crippen LogP contribution in [0.15, 0.2) is 41.2 Å². The van der Waals surface area contributed by atoms with Crippen molar-refractivity contribution in [2.24, 2.45) is 0 Å². The first-order valence-corrected chi connectivity index (χ1v) is 4.89. The van der Waals surface area contributed by atoms with Gasteiger partial charge in [0.1, 0.15) is 6.26 Å². The molecule has 0 spiro atoms. The third-order valence-corrected chi connectivity index (χ3v) is 2.47. The van der Waals surface area contributed by atoms with E-state index < -0.39 is 0 Å². The summed E-state index contributed by atoms with van der Waals surface area (Å²) in [5, 5.41) is 0.473. The summed E-state index contributed by atoms with van der Waals surface area (Å²) in [6.07, 6.45) is 2.88. The molecule has 0 bridgehead atoms. The summed E-state index contributed by atoms with van der Waals surface area (Å²) in [7, 11) is 0. The first-order chi connectivity index (χ1) is 7.18. The second-order valence-corrected chi connectivity index (χ2v) is 3.73. The Morgan fingerprint density at radius 1 is 1.33 bits per heavy atom. The van der Waals surface area contributed by atoms with E-state index in [1.807, 2.05) is 13.0 Å². The number of halogens is 1. The van der Waals surface area contributed by atoms with E-state index in [1.165, 1.54) is 12.5 Å². The number of ketones is 1. The summed E-state index contributed by atoms with van der Waals surface area (Å²) in [5.41, 5.74) is 2.05. The second-order valence-electron chi connectivity index (χ2n) is 3.32. The van der Waals surface area contributed by atoms with Gasteiger partial charge in [-0.2, -0.15) is 0 Å². The highest BCUT2D eigenvalue weighted by Crippen LogP contribution is 2.20.